The van der Waals surface area contributed by atoms with Crippen LogP contribution in [0.1, 0.15) is 33.3 Å². The number of carbonyl (C=O) groups excluding carboxylic acids is 2. The lowest BCUT2D eigenvalue weighted by molar-refractivity contribution is -0.140. The van der Waals surface area contributed by atoms with Crippen LogP contribution >= 0.6 is 11.6 Å². The van der Waals surface area contributed by atoms with Crippen LogP contribution < -0.4 is 14.4 Å². The van der Waals surface area contributed by atoms with Gasteiger partial charge in [-0.3, -0.25) is 13.9 Å². The van der Waals surface area contributed by atoms with E-state index in [-0.39, 0.29) is 12.5 Å². The lowest BCUT2D eigenvalue weighted by Crippen LogP contribution is -2.54. The van der Waals surface area contributed by atoms with Crippen LogP contribution in [0, 0.1) is 0 Å². The van der Waals surface area contributed by atoms with E-state index in [9.17, 15) is 18.0 Å². The van der Waals surface area contributed by atoms with Crippen molar-refractivity contribution in [3.8, 4) is 5.75 Å². The van der Waals surface area contributed by atoms with Crippen LogP contribution in [0.4, 0.5) is 5.69 Å². The smallest absolute Gasteiger partial charge is 0.244 e. The summed E-state index contributed by atoms with van der Waals surface area (Å²) in [5, 5.41) is 3.37. The number of halogens is 1. The summed E-state index contributed by atoms with van der Waals surface area (Å²) in [5.41, 5.74) is 0.524. The van der Waals surface area contributed by atoms with Gasteiger partial charge in [-0.25, -0.2) is 8.42 Å². The molecule has 8 nitrogen and oxygen atoms in total. The molecule has 0 aromatic heterocycles. The van der Waals surface area contributed by atoms with Gasteiger partial charge in [-0.05, 0) is 69.7 Å². The average molecular weight is 510 g/mol. The van der Waals surface area contributed by atoms with Crippen LogP contribution in [-0.4, -0.2) is 56.6 Å². The van der Waals surface area contributed by atoms with Crippen molar-refractivity contribution in [3.63, 3.8) is 0 Å². The zero-order chi connectivity index (χ0) is 25.7. The number of benzene rings is 2. The predicted molar refractivity (Wildman–Crippen MR) is 135 cm³/mol. The van der Waals surface area contributed by atoms with Crippen LogP contribution in [-0.2, 0) is 26.2 Å². The van der Waals surface area contributed by atoms with E-state index in [1.54, 1.807) is 55.5 Å². The number of rotatable bonds is 9. The molecule has 0 spiro atoms. The maximum atomic E-state index is 13.5. The Morgan fingerprint density at radius 1 is 1.12 bits per heavy atom. The summed E-state index contributed by atoms with van der Waals surface area (Å²) in [5.74, 6) is -0.324. The van der Waals surface area contributed by atoms with Gasteiger partial charge in [-0.15, -0.1) is 0 Å². The SMILES string of the molecule is COc1ccc(N(CC(=O)N(Cc2cccc(Cl)c2)C(C)C(=O)NC(C)(C)C)S(C)(=O)=O)cc1. The number of anilines is 1. The summed E-state index contributed by atoms with van der Waals surface area (Å²) in [4.78, 5) is 27.7. The van der Waals surface area contributed by atoms with Crippen molar-refractivity contribution in [2.45, 2.75) is 45.8 Å². The zero-order valence-corrected chi connectivity index (χ0v) is 21.9. The van der Waals surface area contributed by atoms with E-state index in [0.29, 0.717) is 22.0 Å². The largest absolute Gasteiger partial charge is 0.497 e. The summed E-state index contributed by atoms with van der Waals surface area (Å²) in [6.07, 6.45) is 1.03. The minimum absolute atomic E-state index is 0.0817. The van der Waals surface area contributed by atoms with Crippen molar-refractivity contribution in [3.05, 3.63) is 59.1 Å². The molecule has 10 heteroatoms. The van der Waals surface area contributed by atoms with Gasteiger partial charge in [0.05, 0.1) is 19.1 Å². The Balaban J connectivity index is 2.39. The maximum Gasteiger partial charge on any atom is 0.244 e. The Labute approximate surface area is 206 Å². The van der Waals surface area contributed by atoms with Gasteiger partial charge in [0.15, 0.2) is 0 Å². The molecule has 0 aliphatic rings. The monoisotopic (exact) mass is 509 g/mol. The normalized spacial score (nSPS) is 12.6. The molecule has 1 N–H and O–H groups in total. The number of ether oxygens (including phenoxy) is 1. The van der Waals surface area contributed by atoms with Gasteiger partial charge in [-0.2, -0.15) is 0 Å². The first-order valence-corrected chi connectivity index (χ1v) is 12.9. The fourth-order valence-corrected chi connectivity index (χ4v) is 4.31. The molecule has 2 rings (SSSR count). The molecule has 186 valence electrons. The van der Waals surface area contributed by atoms with E-state index in [2.05, 4.69) is 5.32 Å². The predicted octanol–water partition coefficient (Wildman–Crippen LogP) is 3.45. The molecule has 34 heavy (non-hydrogen) atoms. The Hall–Kier alpha value is -2.78. The first kappa shape index (κ1) is 27.5. The van der Waals surface area contributed by atoms with E-state index in [0.717, 1.165) is 10.6 Å². The number of amides is 2. The molecular weight excluding hydrogens is 478 g/mol. The van der Waals surface area contributed by atoms with Gasteiger partial charge < -0.3 is 15.0 Å². The van der Waals surface area contributed by atoms with E-state index < -0.39 is 34.1 Å². The third kappa shape index (κ3) is 7.92. The summed E-state index contributed by atoms with van der Waals surface area (Å²) >= 11 is 6.11. The highest BCUT2D eigenvalue weighted by molar-refractivity contribution is 7.92. The average Bonchev–Trinajstić information content (AvgIpc) is 2.73. The topological polar surface area (TPSA) is 96.0 Å². The Bertz CT molecular complexity index is 1110. The Morgan fingerprint density at radius 3 is 2.24 bits per heavy atom. The molecule has 0 saturated carbocycles. The van der Waals surface area contributed by atoms with Crippen molar-refractivity contribution in [2.75, 3.05) is 24.2 Å². The Kier molecular flexibility index (Phi) is 8.96. The highest BCUT2D eigenvalue weighted by Gasteiger charge is 2.31. The van der Waals surface area contributed by atoms with Crippen LogP contribution in [0.25, 0.3) is 0 Å². The van der Waals surface area contributed by atoms with Gasteiger partial charge in [0, 0.05) is 17.1 Å². The van der Waals surface area contributed by atoms with Crippen LogP contribution in [0.15, 0.2) is 48.5 Å². The maximum absolute atomic E-state index is 13.5. The molecule has 0 saturated heterocycles. The van der Waals surface area contributed by atoms with Crippen LogP contribution in [0.2, 0.25) is 5.02 Å². The quantitative estimate of drug-likeness (QED) is 0.558. The molecule has 0 radical (unpaired) electrons. The van der Waals surface area contributed by atoms with Crippen molar-refractivity contribution in [1.82, 2.24) is 10.2 Å². The van der Waals surface area contributed by atoms with Crippen molar-refractivity contribution in [1.29, 1.82) is 0 Å². The molecule has 2 amide bonds. The summed E-state index contributed by atoms with van der Waals surface area (Å²) in [7, 11) is -2.29. The zero-order valence-electron chi connectivity index (χ0n) is 20.3. The van der Waals surface area contributed by atoms with E-state index in [1.165, 1.54) is 12.0 Å². The number of nitrogens with one attached hydrogen (secondary N) is 1. The van der Waals surface area contributed by atoms with Gasteiger partial charge in [0.2, 0.25) is 21.8 Å². The molecular formula is C24H32ClN3O5S. The van der Waals surface area contributed by atoms with E-state index >= 15 is 0 Å². The van der Waals surface area contributed by atoms with Crippen LogP contribution in [0.5, 0.6) is 5.75 Å². The van der Waals surface area contributed by atoms with E-state index in [1.807, 2.05) is 20.8 Å². The minimum atomic E-state index is -3.80. The molecule has 0 aliphatic carbocycles. The van der Waals surface area contributed by atoms with Crippen molar-refractivity contribution in [2.24, 2.45) is 0 Å². The molecule has 1 atom stereocenters. The summed E-state index contributed by atoms with van der Waals surface area (Å²) in [6.45, 7) is 6.75. The fraction of sp³-hybridized carbons (Fsp3) is 0.417. The molecule has 0 aliphatic heterocycles. The molecule has 2 aromatic rings. The molecule has 0 bridgehead atoms. The third-order valence-corrected chi connectivity index (χ3v) is 6.32. The second-order valence-electron chi connectivity index (χ2n) is 9.03. The lowest BCUT2D eigenvalue weighted by Gasteiger charge is -2.33. The third-order valence-electron chi connectivity index (χ3n) is 4.95. The number of methoxy groups -OCH3 is 1. The fourth-order valence-electron chi connectivity index (χ4n) is 3.25. The summed E-state index contributed by atoms with van der Waals surface area (Å²) < 4.78 is 31.3. The van der Waals surface area contributed by atoms with Gasteiger partial charge in [-0.1, -0.05) is 23.7 Å². The number of nitrogens with zero attached hydrogens (tertiary/aromatic N) is 2. The van der Waals surface area contributed by atoms with Gasteiger partial charge in [0.1, 0.15) is 18.3 Å². The molecule has 1 unspecified atom stereocenters. The summed E-state index contributed by atoms with van der Waals surface area (Å²) in [6, 6.07) is 12.4. The highest BCUT2D eigenvalue weighted by Crippen LogP contribution is 2.22. The van der Waals surface area contributed by atoms with Crippen molar-refractivity contribution < 1.29 is 22.7 Å². The number of carbonyl (C=O) groups is 2. The first-order chi connectivity index (χ1) is 15.7. The molecule has 2 aromatic carbocycles. The number of hydrogen-bond acceptors (Lipinski definition) is 5. The highest BCUT2D eigenvalue weighted by atomic mass is 35.5. The minimum Gasteiger partial charge on any atom is -0.497 e. The lowest BCUT2D eigenvalue weighted by atomic mass is 10.1. The Morgan fingerprint density at radius 2 is 1.74 bits per heavy atom. The molecule has 0 heterocycles. The second kappa shape index (κ2) is 11.1. The van der Waals surface area contributed by atoms with Crippen molar-refractivity contribution >= 4 is 39.1 Å². The van der Waals surface area contributed by atoms with Crippen LogP contribution in [0.3, 0.4) is 0 Å². The number of hydrogen-bond donors (Lipinski definition) is 1. The second-order valence-corrected chi connectivity index (χ2v) is 11.4. The molecule has 0 fully saturated rings. The van der Waals surface area contributed by atoms with Gasteiger partial charge >= 0.3 is 0 Å². The standard InChI is InChI=1S/C24H32ClN3O5S/c1-17(23(30)26-24(2,3)4)27(15-18-8-7-9-19(25)14-18)22(29)16-28(34(6,31)32)20-10-12-21(33-5)13-11-20/h7-14,17H,15-16H2,1-6H3,(H,26,30). The number of sulfonamides is 1. The van der Waals surface area contributed by atoms with Gasteiger partial charge in [0.25, 0.3) is 0 Å². The van der Waals surface area contributed by atoms with E-state index in [4.69, 9.17) is 16.3 Å². The first-order valence-electron chi connectivity index (χ1n) is 10.7.